The first kappa shape index (κ1) is 16.2. The zero-order valence-corrected chi connectivity index (χ0v) is 13.5. The number of nitrogens with one attached hydrogen (secondary N) is 1. The maximum atomic E-state index is 12.2. The molecule has 0 radical (unpaired) electrons. The van der Waals surface area contributed by atoms with Gasteiger partial charge < -0.3 is 10.6 Å². The molecule has 0 bridgehead atoms. The van der Waals surface area contributed by atoms with Crippen LogP contribution in [0.15, 0.2) is 23.1 Å². The number of nitrogens with zero attached hydrogens (tertiary/aromatic N) is 2. The molecule has 0 aliphatic carbocycles. The Bertz CT molecular complexity index is 581. The molecule has 0 atom stereocenters. The van der Waals surface area contributed by atoms with Crippen LogP contribution in [0.1, 0.15) is 5.56 Å². The summed E-state index contributed by atoms with van der Waals surface area (Å²) in [7, 11) is -1.38. The van der Waals surface area contributed by atoms with E-state index in [0.29, 0.717) is 12.2 Å². The summed E-state index contributed by atoms with van der Waals surface area (Å²) in [5.41, 5.74) is 7.15. The Morgan fingerprint density at radius 2 is 1.90 bits per heavy atom. The van der Waals surface area contributed by atoms with Gasteiger partial charge in [0.1, 0.15) is 0 Å². The van der Waals surface area contributed by atoms with Crippen LogP contribution in [0.5, 0.6) is 0 Å². The summed E-state index contributed by atoms with van der Waals surface area (Å²) >= 11 is 0. The van der Waals surface area contributed by atoms with Gasteiger partial charge in [0.15, 0.2) is 0 Å². The highest BCUT2D eigenvalue weighted by Gasteiger charge is 2.17. The number of hydrogen-bond donors (Lipinski definition) is 2. The van der Waals surface area contributed by atoms with E-state index >= 15 is 0 Å². The smallest absolute Gasteiger partial charge is 0.240 e. The van der Waals surface area contributed by atoms with Crippen molar-refractivity contribution in [1.82, 2.24) is 14.5 Å². The highest BCUT2D eigenvalue weighted by Crippen LogP contribution is 2.16. The Hall–Kier alpha value is -1.15. The molecule has 7 heteroatoms. The van der Waals surface area contributed by atoms with Gasteiger partial charge in [0, 0.05) is 45.0 Å². The molecule has 0 unspecified atom stereocenters. The molecule has 0 saturated carbocycles. The summed E-state index contributed by atoms with van der Waals surface area (Å²) < 4.78 is 27.0. The van der Waals surface area contributed by atoms with Gasteiger partial charge in [0.05, 0.1) is 4.90 Å². The predicted molar refractivity (Wildman–Crippen MR) is 84.7 cm³/mol. The summed E-state index contributed by atoms with van der Waals surface area (Å²) in [5.74, 6) is 0. The Labute approximate surface area is 127 Å². The van der Waals surface area contributed by atoms with Crippen LogP contribution in [-0.4, -0.2) is 64.5 Å². The van der Waals surface area contributed by atoms with Crippen molar-refractivity contribution in [3.63, 3.8) is 0 Å². The van der Waals surface area contributed by atoms with Crippen LogP contribution in [0.4, 0.5) is 5.69 Å². The highest BCUT2D eigenvalue weighted by molar-refractivity contribution is 7.89. The van der Waals surface area contributed by atoms with Crippen molar-refractivity contribution in [2.75, 3.05) is 52.0 Å². The molecule has 1 aliphatic heterocycles. The van der Waals surface area contributed by atoms with E-state index in [-0.39, 0.29) is 4.90 Å². The summed E-state index contributed by atoms with van der Waals surface area (Å²) in [6, 6.07) is 4.82. The van der Waals surface area contributed by atoms with Crippen LogP contribution >= 0.6 is 0 Å². The molecule has 3 N–H and O–H groups in total. The van der Waals surface area contributed by atoms with Gasteiger partial charge in [-0.15, -0.1) is 0 Å². The number of aryl methyl sites for hydroxylation is 1. The van der Waals surface area contributed by atoms with Crippen LogP contribution < -0.4 is 10.5 Å². The average molecular weight is 312 g/mol. The quantitative estimate of drug-likeness (QED) is 0.754. The molecule has 2 rings (SSSR count). The average Bonchev–Trinajstić information content (AvgIpc) is 2.44. The number of nitrogen functional groups attached to an aromatic ring is 1. The topological polar surface area (TPSA) is 78.7 Å². The van der Waals surface area contributed by atoms with Gasteiger partial charge in [-0.25, -0.2) is 13.1 Å². The van der Waals surface area contributed by atoms with Gasteiger partial charge in [0.2, 0.25) is 10.0 Å². The van der Waals surface area contributed by atoms with Gasteiger partial charge >= 0.3 is 0 Å². The summed E-state index contributed by atoms with van der Waals surface area (Å²) in [4.78, 5) is 4.77. The van der Waals surface area contributed by atoms with E-state index in [0.717, 1.165) is 38.3 Å². The predicted octanol–water partition coefficient (Wildman–Crippen LogP) is 0.103. The van der Waals surface area contributed by atoms with Crippen LogP contribution in [0.25, 0.3) is 0 Å². The van der Waals surface area contributed by atoms with E-state index < -0.39 is 10.0 Å². The first-order chi connectivity index (χ1) is 9.88. The Morgan fingerprint density at radius 1 is 1.24 bits per heavy atom. The Morgan fingerprint density at radius 3 is 2.52 bits per heavy atom. The largest absolute Gasteiger partial charge is 0.398 e. The minimum absolute atomic E-state index is 0.226. The fourth-order valence-corrected chi connectivity index (χ4v) is 3.33. The Balaban J connectivity index is 1.88. The Kier molecular flexibility index (Phi) is 5.21. The van der Waals surface area contributed by atoms with E-state index in [2.05, 4.69) is 21.6 Å². The van der Waals surface area contributed by atoms with Gasteiger partial charge in [0.25, 0.3) is 0 Å². The van der Waals surface area contributed by atoms with Crippen molar-refractivity contribution < 1.29 is 8.42 Å². The van der Waals surface area contributed by atoms with E-state index in [4.69, 9.17) is 5.73 Å². The number of sulfonamides is 1. The van der Waals surface area contributed by atoms with E-state index in [1.807, 2.05) is 6.92 Å². The van der Waals surface area contributed by atoms with Crippen LogP contribution in [0.3, 0.4) is 0 Å². The van der Waals surface area contributed by atoms with Crippen molar-refractivity contribution in [3.8, 4) is 0 Å². The third kappa shape index (κ3) is 4.41. The zero-order valence-electron chi connectivity index (χ0n) is 12.7. The highest BCUT2D eigenvalue weighted by atomic mass is 32.2. The molecule has 1 aromatic rings. The maximum Gasteiger partial charge on any atom is 0.240 e. The number of hydrogen-bond acceptors (Lipinski definition) is 5. The fraction of sp³-hybridized carbons (Fsp3) is 0.571. The number of piperazine rings is 1. The molecule has 0 spiro atoms. The van der Waals surface area contributed by atoms with Crippen molar-refractivity contribution >= 4 is 15.7 Å². The second kappa shape index (κ2) is 6.74. The SMILES string of the molecule is Cc1ccc(S(=O)(=O)NCCN2CCN(C)CC2)cc1N. The monoisotopic (exact) mass is 312 g/mol. The molecule has 6 nitrogen and oxygen atoms in total. The lowest BCUT2D eigenvalue weighted by atomic mass is 10.2. The first-order valence-corrected chi connectivity index (χ1v) is 8.63. The van der Waals surface area contributed by atoms with Gasteiger partial charge in [-0.3, -0.25) is 4.90 Å². The molecule has 21 heavy (non-hydrogen) atoms. The molecular formula is C14H24N4O2S. The van der Waals surface area contributed by atoms with Crippen molar-refractivity contribution in [2.24, 2.45) is 0 Å². The lowest BCUT2D eigenvalue weighted by molar-refractivity contribution is 0.156. The van der Waals surface area contributed by atoms with Gasteiger partial charge in [-0.1, -0.05) is 6.07 Å². The molecule has 1 aromatic carbocycles. The molecule has 0 aromatic heterocycles. The molecule has 1 fully saturated rings. The van der Waals surface area contributed by atoms with Crippen molar-refractivity contribution in [1.29, 1.82) is 0 Å². The number of likely N-dealkylation sites (N-methyl/N-ethyl adjacent to an activating group) is 1. The molecule has 118 valence electrons. The second-order valence-corrected chi connectivity index (χ2v) is 7.33. The summed E-state index contributed by atoms with van der Waals surface area (Å²) in [6.07, 6.45) is 0. The minimum atomic E-state index is -3.48. The van der Waals surface area contributed by atoms with Crippen molar-refractivity contribution in [2.45, 2.75) is 11.8 Å². The first-order valence-electron chi connectivity index (χ1n) is 7.15. The minimum Gasteiger partial charge on any atom is -0.398 e. The lowest BCUT2D eigenvalue weighted by Gasteiger charge is -2.32. The lowest BCUT2D eigenvalue weighted by Crippen LogP contribution is -2.46. The number of benzene rings is 1. The van der Waals surface area contributed by atoms with E-state index in [1.165, 1.54) is 6.07 Å². The van der Waals surface area contributed by atoms with Gasteiger partial charge in [-0.2, -0.15) is 0 Å². The maximum absolute atomic E-state index is 12.2. The second-order valence-electron chi connectivity index (χ2n) is 5.56. The van der Waals surface area contributed by atoms with Gasteiger partial charge in [-0.05, 0) is 31.7 Å². The summed E-state index contributed by atoms with van der Waals surface area (Å²) in [6.45, 7) is 7.02. The third-order valence-corrected chi connectivity index (χ3v) is 5.34. The normalized spacial score (nSPS) is 18.0. The standard InChI is InChI=1S/C14H24N4O2S/c1-12-3-4-13(11-14(12)15)21(19,20)16-5-6-18-9-7-17(2)8-10-18/h3-4,11,16H,5-10,15H2,1-2H3. The molecule has 1 heterocycles. The van der Waals surface area contributed by atoms with E-state index in [9.17, 15) is 8.42 Å². The zero-order chi connectivity index (χ0) is 15.5. The molecule has 0 amide bonds. The van der Waals surface area contributed by atoms with Crippen molar-refractivity contribution in [3.05, 3.63) is 23.8 Å². The molecule has 1 saturated heterocycles. The fourth-order valence-electron chi connectivity index (χ4n) is 2.28. The van der Waals surface area contributed by atoms with Crippen LogP contribution in [0, 0.1) is 6.92 Å². The number of nitrogens with two attached hydrogens (primary N) is 1. The van der Waals surface area contributed by atoms with Crippen LogP contribution in [-0.2, 0) is 10.0 Å². The number of anilines is 1. The summed E-state index contributed by atoms with van der Waals surface area (Å²) in [5, 5.41) is 0. The number of rotatable bonds is 5. The molecular weight excluding hydrogens is 288 g/mol. The molecule has 1 aliphatic rings. The van der Waals surface area contributed by atoms with E-state index in [1.54, 1.807) is 12.1 Å². The van der Waals surface area contributed by atoms with Crippen LogP contribution in [0.2, 0.25) is 0 Å². The third-order valence-electron chi connectivity index (χ3n) is 3.88.